The lowest BCUT2D eigenvalue weighted by atomic mass is 10.0. The number of likely N-dealkylation sites (N-methyl/N-ethyl adjacent to an activating group) is 4. The predicted molar refractivity (Wildman–Crippen MR) is 318 cm³/mol. The van der Waals surface area contributed by atoms with E-state index in [4.69, 9.17) is 29.1 Å². The number of benzene rings is 2. The molecule has 0 radical (unpaired) electrons. The highest BCUT2D eigenvalue weighted by Crippen LogP contribution is 2.23. The molecule has 7 rings (SSSR count). The Hall–Kier alpha value is -3.54. The number of nitrogens with one attached hydrogen (secondary N) is 2. The van der Waals surface area contributed by atoms with Gasteiger partial charge in [-0.2, -0.15) is 10.2 Å². The van der Waals surface area contributed by atoms with E-state index in [1.807, 2.05) is 0 Å². The second kappa shape index (κ2) is 30.5. The second-order valence-corrected chi connectivity index (χ2v) is 25.9. The third-order valence-corrected chi connectivity index (χ3v) is 16.5. The van der Waals surface area contributed by atoms with Gasteiger partial charge < -0.3 is 29.6 Å². The van der Waals surface area contributed by atoms with Crippen molar-refractivity contribution < 1.29 is 18.9 Å². The fourth-order valence-corrected chi connectivity index (χ4v) is 12.1. The minimum atomic E-state index is 0.00141. The smallest absolute Gasteiger partial charge is 0.0807 e. The Bertz CT molecular complexity index is 2110. The average Bonchev–Trinajstić information content (AvgIpc) is 4.22. The molecule has 436 valence electrons. The van der Waals surface area contributed by atoms with E-state index in [0.717, 1.165) is 104 Å². The summed E-state index contributed by atoms with van der Waals surface area (Å²) in [6.45, 7) is 34.3. The first-order valence-electron chi connectivity index (χ1n) is 30.3. The van der Waals surface area contributed by atoms with Crippen LogP contribution in [-0.4, -0.2) is 169 Å². The molecular weight excluding hydrogens is 973 g/mol. The van der Waals surface area contributed by atoms with Crippen molar-refractivity contribution in [2.24, 2.45) is 23.7 Å². The van der Waals surface area contributed by atoms with Crippen molar-refractivity contribution >= 4 is 0 Å². The van der Waals surface area contributed by atoms with Crippen LogP contribution in [0.5, 0.6) is 0 Å². The molecule has 0 unspecified atom stereocenters. The maximum atomic E-state index is 7.22. The van der Waals surface area contributed by atoms with Gasteiger partial charge >= 0.3 is 0 Å². The van der Waals surface area contributed by atoms with Crippen LogP contribution in [-0.2, 0) is 71.1 Å². The van der Waals surface area contributed by atoms with Crippen molar-refractivity contribution in [3.8, 4) is 0 Å². The first-order valence-corrected chi connectivity index (χ1v) is 30.3. The normalized spacial score (nSPS) is 26.1. The van der Waals surface area contributed by atoms with E-state index in [1.165, 1.54) is 44.8 Å². The maximum absolute atomic E-state index is 7.22. The van der Waals surface area contributed by atoms with Crippen molar-refractivity contribution in [3.63, 3.8) is 0 Å². The Morgan fingerprint density at radius 3 is 1.06 bits per heavy atom. The Labute approximate surface area is 472 Å². The number of hydrogen-bond donors (Lipinski definition) is 2. The van der Waals surface area contributed by atoms with E-state index in [2.05, 4.69) is 198 Å². The van der Waals surface area contributed by atoms with Crippen molar-refractivity contribution in [1.82, 2.24) is 49.8 Å². The summed E-state index contributed by atoms with van der Waals surface area (Å²) < 4.78 is 32.5. The number of nitrogens with zero attached hydrogens (tertiary/aromatic N) is 8. The first kappa shape index (κ1) is 62.1. The third kappa shape index (κ3) is 19.9. The van der Waals surface area contributed by atoms with Gasteiger partial charge in [0.1, 0.15) is 0 Å². The van der Waals surface area contributed by atoms with Gasteiger partial charge in [-0.3, -0.25) is 29.0 Å². The molecule has 14 heteroatoms. The van der Waals surface area contributed by atoms with E-state index < -0.39 is 0 Å². The number of aromatic nitrogens is 4. The highest BCUT2D eigenvalue weighted by molar-refractivity contribution is 5.27. The zero-order valence-corrected chi connectivity index (χ0v) is 51.1. The largest absolute Gasteiger partial charge is 0.376 e. The summed E-state index contributed by atoms with van der Waals surface area (Å²) in [5.74, 6) is 2.10. The lowest BCUT2D eigenvalue weighted by Gasteiger charge is -2.37. The maximum Gasteiger partial charge on any atom is 0.0807 e. The van der Waals surface area contributed by atoms with Gasteiger partial charge in [0.15, 0.2) is 0 Å². The van der Waals surface area contributed by atoms with Gasteiger partial charge in [0, 0.05) is 100 Å². The molecule has 1 fully saturated rings. The highest BCUT2D eigenvalue weighted by atomic mass is 16.5. The lowest BCUT2D eigenvalue weighted by molar-refractivity contribution is -0.0536. The molecule has 8 atom stereocenters. The minimum Gasteiger partial charge on any atom is -0.376 e. The summed E-state index contributed by atoms with van der Waals surface area (Å²) >= 11 is 0. The molecular formula is C64H106N10O4. The van der Waals surface area contributed by atoms with Crippen LogP contribution in [0.15, 0.2) is 60.9 Å². The topological polar surface area (TPSA) is 110 Å². The minimum absolute atomic E-state index is 0.00141. The Morgan fingerprint density at radius 2 is 0.744 bits per heavy atom. The SMILES string of the molecule is CC(C)C[C@H]1CO[C@H](C)CN(C)[C@@H](CC(C)C)CO[C@H](Cc2ccc(Cn3cc4c(n3)CNC4)cc2)CN(C)[C@@H](CC(C)C)CO[C@H](C)CN(C)[C@@H](CC(C)C)CO[C@H](Cc2ccc(Cn3cc4c(n3)CNC4)cc2)CN1C. The summed E-state index contributed by atoms with van der Waals surface area (Å²) in [5.41, 5.74) is 10.1. The summed E-state index contributed by atoms with van der Waals surface area (Å²) in [6, 6.07) is 19.3. The fraction of sp³-hybridized carbons (Fsp3) is 0.719. The molecule has 0 spiro atoms. The van der Waals surface area contributed by atoms with Crippen LogP contribution in [0, 0.1) is 23.7 Å². The Kier molecular flexibility index (Phi) is 24.3. The van der Waals surface area contributed by atoms with Gasteiger partial charge in [0.25, 0.3) is 0 Å². The number of ether oxygens (including phenoxy) is 4. The van der Waals surface area contributed by atoms with E-state index in [9.17, 15) is 0 Å². The number of rotatable bonds is 16. The monoisotopic (exact) mass is 1080 g/mol. The molecule has 0 bridgehead atoms. The van der Waals surface area contributed by atoms with E-state index in [-0.39, 0.29) is 48.6 Å². The summed E-state index contributed by atoms with van der Waals surface area (Å²) in [7, 11) is 9.13. The summed E-state index contributed by atoms with van der Waals surface area (Å²) in [5, 5.41) is 16.5. The van der Waals surface area contributed by atoms with E-state index in [1.54, 1.807) is 0 Å². The molecule has 0 saturated carbocycles. The van der Waals surface area contributed by atoms with Crippen LogP contribution in [0.4, 0.5) is 0 Å². The van der Waals surface area contributed by atoms with Crippen LogP contribution in [0.25, 0.3) is 0 Å². The van der Waals surface area contributed by atoms with Gasteiger partial charge in [0.05, 0.1) is 75.3 Å². The second-order valence-electron chi connectivity index (χ2n) is 25.9. The Morgan fingerprint density at radius 1 is 0.436 bits per heavy atom. The molecule has 0 amide bonds. The van der Waals surface area contributed by atoms with Gasteiger partial charge in [-0.1, -0.05) is 104 Å². The lowest BCUT2D eigenvalue weighted by Crippen LogP contribution is -2.47. The summed E-state index contributed by atoms with van der Waals surface area (Å²) in [6.07, 6.45) is 10.4. The van der Waals surface area contributed by atoms with Crippen molar-refractivity contribution in [2.45, 2.75) is 196 Å². The summed E-state index contributed by atoms with van der Waals surface area (Å²) in [4.78, 5) is 10.1. The molecule has 14 nitrogen and oxygen atoms in total. The van der Waals surface area contributed by atoms with Crippen molar-refractivity contribution in [3.05, 3.63) is 106 Å². The van der Waals surface area contributed by atoms with Crippen molar-refractivity contribution in [1.29, 1.82) is 0 Å². The quantitative estimate of drug-likeness (QED) is 0.112. The van der Waals surface area contributed by atoms with Crippen LogP contribution >= 0.6 is 0 Å². The van der Waals surface area contributed by atoms with Crippen LogP contribution < -0.4 is 10.6 Å². The molecule has 3 aliphatic heterocycles. The van der Waals surface area contributed by atoms with Gasteiger partial charge in [-0.15, -0.1) is 0 Å². The molecule has 2 N–H and O–H groups in total. The van der Waals surface area contributed by atoms with E-state index >= 15 is 0 Å². The zero-order chi connectivity index (χ0) is 55.9. The van der Waals surface area contributed by atoms with Gasteiger partial charge in [-0.25, -0.2) is 0 Å². The molecule has 1 saturated heterocycles. The first-order chi connectivity index (χ1) is 37.3. The van der Waals surface area contributed by atoms with Gasteiger partial charge in [-0.05, 0) is 126 Å². The third-order valence-electron chi connectivity index (χ3n) is 16.5. The average molecular weight is 1080 g/mol. The molecule has 4 aromatic rings. The molecule has 2 aromatic heterocycles. The van der Waals surface area contributed by atoms with Gasteiger partial charge in [0.2, 0.25) is 0 Å². The molecule has 5 heterocycles. The van der Waals surface area contributed by atoms with Crippen LogP contribution in [0.3, 0.4) is 0 Å². The number of hydrogen-bond acceptors (Lipinski definition) is 12. The highest BCUT2D eigenvalue weighted by Gasteiger charge is 2.29. The van der Waals surface area contributed by atoms with Crippen molar-refractivity contribution in [2.75, 3.05) is 80.8 Å². The predicted octanol–water partition coefficient (Wildman–Crippen LogP) is 9.15. The standard InChI is InChI=1S/C64H106N10O4/c1-45(2)23-57-41-75-49(9)33-69(11)60(26-48(7)8)44-78-62(28-52-17-21-54(22-18-52)36-74-38-56-30-66-32-64(56)68-74)40-72(14)58(24-46(3)4)42-76-50(10)34-70(12)59(25-47(5)6)43-77-61(39-71(57)13)27-51-15-19-53(20-16-51)35-73-37-55-29-65-31-63(55)67-73/h15-22,37-38,45-50,57-62,65-66H,23-36,39-44H2,1-14H3/t49-,50-,57+,58+,59+,60+,61-,62-/m1/s1. The molecule has 78 heavy (non-hydrogen) atoms. The Balaban J connectivity index is 1.10. The van der Waals surface area contributed by atoms with Crippen LogP contribution in [0.2, 0.25) is 0 Å². The fourth-order valence-electron chi connectivity index (χ4n) is 12.1. The molecule has 2 aromatic carbocycles. The molecule has 0 aliphatic carbocycles. The number of fused-ring (bicyclic) bond motifs is 2. The zero-order valence-electron chi connectivity index (χ0n) is 51.1. The van der Waals surface area contributed by atoms with E-state index in [0.29, 0.717) is 50.1 Å². The van der Waals surface area contributed by atoms with Crippen LogP contribution in [0.1, 0.15) is 140 Å². The molecule has 3 aliphatic rings.